The predicted molar refractivity (Wildman–Crippen MR) is 83.5 cm³/mol. The van der Waals surface area contributed by atoms with Crippen LogP contribution in [-0.2, 0) is 11.3 Å². The van der Waals surface area contributed by atoms with E-state index in [0.717, 1.165) is 4.47 Å². The number of thiol groups is 1. The maximum Gasteiger partial charge on any atom is 0.256 e. The second-order valence-electron chi connectivity index (χ2n) is 4.10. The molecule has 2 aromatic rings. The van der Waals surface area contributed by atoms with E-state index in [9.17, 15) is 4.79 Å². The number of methoxy groups -OCH3 is 1. The molecule has 0 fully saturated rings. The molecule has 2 rings (SSSR count). The minimum Gasteiger partial charge on any atom is -0.383 e. The maximum absolute atomic E-state index is 12.1. The summed E-state index contributed by atoms with van der Waals surface area (Å²) in [5.41, 5.74) is 1.16. The molecule has 0 atom stereocenters. The smallest absolute Gasteiger partial charge is 0.256 e. The molecule has 20 heavy (non-hydrogen) atoms. The summed E-state index contributed by atoms with van der Waals surface area (Å²) in [6, 6.07) is 5.30. The summed E-state index contributed by atoms with van der Waals surface area (Å²) in [7, 11) is 1.63. The minimum absolute atomic E-state index is 0.214. The average molecular weight is 356 g/mol. The fourth-order valence-corrected chi connectivity index (χ4v) is 2.48. The molecule has 0 unspecified atom stereocenters. The molecule has 7 heteroatoms. The number of anilines is 1. The largest absolute Gasteiger partial charge is 0.383 e. The van der Waals surface area contributed by atoms with E-state index in [2.05, 4.69) is 39.0 Å². The van der Waals surface area contributed by atoms with Gasteiger partial charge in [-0.15, -0.1) is 12.6 Å². The summed E-state index contributed by atoms with van der Waals surface area (Å²) in [5, 5.41) is 6.92. The number of carbonyl (C=O) groups excluding carboxylic acids is 1. The van der Waals surface area contributed by atoms with Crippen LogP contribution in [-0.4, -0.2) is 29.4 Å². The number of amides is 1. The van der Waals surface area contributed by atoms with Crippen molar-refractivity contribution in [2.75, 3.05) is 19.0 Å². The molecule has 0 aliphatic carbocycles. The monoisotopic (exact) mass is 355 g/mol. The standard InChI is InChI=1S/C13H14BrN3O2S/c1-19-5-4-17-8-10(7-15-17)16-13(18)11-3-2-9(14)6-12(11)20/h2-3,6-8,20H,4-5H2,1H3,(H,16,18). The first-order valence-electron chi connectivity index (χ1n) is 5.91. The van der Waals surface area contributed by atoms with Gasteiger partial charge in [0.1, 0.15) is 0 Å². The first-order chi connectivity index (χ1) is 9.60. The number of rotatable bonds is 5. The Morgan fingerprint density at radius 3 is 3.05 bits per heavy atom. The van der Waals surface area contributed by atoms with Gasteiger partial charge in [0, 0.05) is 22.7 Å². The lowest BCUT2D eigenvalue weighted by molar-refractivity contribution is 0.102. The van der Waals surface area contributed by atoms with Crippen LogP contribution in [0.1, 0.15) is 10.4 Å². The molecule has 1 heterocycles. The maximum atomic E-state index is 12.1. The van der Waals surface area contributed by atoms with Crippen molar-refractivity contribution in [3.8, 4) is 0 Å². The van der Waals surface area contributed by atoms with Crippen molar-refractivity contribution in [1.29, 1.82) is 0 Å². The van der Waals surface area contributed by atoms with Crippen LogP contribution >= 0.6 is 28.6 Å². The average Bonchev–Trinajstić information content (AvgIpc) is 2.83. The molecule has 0 saturated carbocycles. The molecular weight excluding hydrogens is 342 g/mol. The summed E-state index contributed by atoms with van der Waals surface area (Å²) in [6.45, 7) is 1.21. The van der Waals surface area contributed by atoms with Crippen LogP contribution in [0.25, 0.3) is 0 Å². The van der Waals surface area contributed by atoms with Crippen molar-refractivity contribution in [3.63, 3.8) is 0 Å². The first-order valence-corrected chi connectivity index (χ1v) is 7.15. The highest BCUT2D eigenvalue weighted by atomic mass is 79.9. The molecule has 0 aliphatic rings. The predicted octanol–water partition coefficient (Wildman–Crippen LogP) is 2.83. The van der Waals surface area contributed by atoms with Gasteiger partial charge in [0.25, 0.3) is 5.91 Å². The number of ether oxygens (including phenoxy) is 1. The van der Waals surface area contributed by atoms with E-state index in [0.29, 0.717) is 29.3 Å². The second-order valence-corrected chi connectivity index (χ2v) is 5.50. The van der Waals surface area contributed by atoms with Gasteiger partial charge in [-0.25, -0.2) is 0 Å². The van der Waals surface area contributed by atoms with Gasteiger partial charge in [-0.3, -0.25) is 9.48 Å². The third-order valence-electron chi connectivity index (χ3n) is 2.62. The Morgan fingerprint density at radius 1 is 1.55 bits per heavy atom. The Labute approximate surface area is 130 Å². The van der Waals surface area contributed by atoms with Gasteiger partial charge in [0.15, 0.2) is 0 Å². The lowest BCUT2D eigenvalue weighted by Crippen LogP contribution is -2.12. The molecule has 0 aliphatic heterocycles. The van der Waals surface area contributed by atoms with Gasteiger partial charge in [-0.05, 0) is 18.2 Å². The Hall–Kier alpha value is -1.31. The summed E-state index contributed by atoms with van der Waals surface area (Å²) in [4.78, 5) is 12.7. The van der Waals surface area contributed by atoms with E-state index in [-0.39, 0.29) is 5.91 Å². The van der Waals surface area contributed by atoms with E-state index in [1.54, 1.807) is 42.4 Å². The number of benzene rings is 1. The number of hydrogen-bond acceptors (Lipinski definition) is 4. The summed E-state index contributed by atoms with van der Waals surface area (Å²) < 4.78 is 7.56. The zero-order valence-electron chi connectivity index (χ0n) is 10.8. The van der Waals surface area contributed by atoms with Crippen LogP contribution in [0.4, 0.5) is 5.69 Å². The quantitative estimate of drug-likeness (QED) is 0.810. The van der Waals surface area contributed by atoms with Crippen molar-refractivity contribution in [2.45, 2.75) is 11.4 Å². The van der Waals surface area contributed by atoms with Crippen LogP contribution in [0.15, 0.2) is 40.0 Å². The number of carbonyl (C=O) groups is 1. The number of aromatic nitrogens is 2. The van der Waals surface area contributed by atoms with E-state index >= 15 is 0 Å². The fraction of sp³-hybridized carbons (Fsp3) is 0.231. The van der Waals surface area contributed by atoms with Crippen LogP contribution < -0.4 is 5.32 Å². The highest BCUT2D eigenvalue weighted by Gasteiger charge is 2.11. The molecular formula is C13H14BrN3O2S. The van der Waals surface area contributed by atoms with Crippen molar-refractivity contribution >= 4 is 40.2 Å². The van der Waals surface area contributed by atoms with Crippen molar-refractivity contribution < 1.29 is 9.53 Å². The van der Waals surface area contributed by atoms with Crippen LogP contribution in [0.2, 0.25) is 0 Å². The van der Waals surface area contributed by atoms with Gasteiger partial charge >= 0.3 is 0 Å². The fourth-order valence-electron chi connectivity index (χ4n) is 1.63. The van der Waals surface area contributed by atoms with Gasteiger partial charge in [0.05, 0.1) is 30.6 Å². The Morgan fingerprint density at radius 2 is 2.35 bits per heavy atom. The van der Waals surface area contributed by atoms with Crippen molar-refractivity contribution in [1.82, 2.24) is 9.78 Å². The summed E-state index contributed by atoms with van der Waals surface area (Å²) in [6.07, 6.45) is 3.36. The molecule has 0 spiro atoms. The molecule has 5 nitrogen and oxygen atoms in total. The van der Waals surface area contributed by atoms with Crippen LogP contribution in [0, 0.1) is 0 Å². The first kappa shape index (κ1) is 15.1. The SMILES string of the molecule is COCCn1cc(NC(=O)c2ccc(Br)cc2S)cn1. The summed E-state index contributed by atoms with van der Waals surface area (Å²) >= 11 is 7.63. The van der Waals surface area contributed by atoms with Crippen LogP contribution in [0.5, 0.6) is 0 Å². The van der Waals surface area contributed by atoms with Gasteiger partial charge in [-0.1, -0.05) is 15.9 Å². The minimum atomic E-state index is -0.214. The molecule has 106 valence electrons. The van der Waals surface area contributed by atoms with E-state index < -0.39 is 0 Å². The second kappa shape index (κ2) is 6.92. The normalized spacial score (nSPS) is 10.6. The zero-order valence-corrected chi connectivity index (χ0v) is 13.3. The molecule has 1 aromatic carbocycles. The number of nitrogens with zero attached hydrogens (tertiary/aromatic N) is 2. The highest BCUT2D eigenvalue weighted by molar-refractivity contribution is 9.10. The zero-order chi connectivity index (χ0) is 14.5. The molecule has 1 aromatic heterocycles. The van der Waals surface area contributed by atoms with Crippen molar-refractivity contribution in [2.24, 2.45) is 0 Å². The molecule has 1 amide bonds. The Kier molecular flexibility index (Phi) is 5.22. The number of hydrogen-bond donors (Lipinski definition) is 2. The van der Waals surface area contributed by atoms with Gasteiger partial charge in [0.2, 0.25) is 0 Å². The molecule has 0 bridgehead atoms. The van der Waals surface area contributed by atoms with E-state index in [1.807, 2.05) is 0 Å². The summed E-state index contributed by atoms with van der Waals surface area (Å²) in [5.74, 6) is -0.214. The Balaban J connectivity index is 2.05. The lowest BCUT2D eigenvalue weighted by atomic mass is 10.2. The Bertz CT molecular complexity index is 615. The lowest BCUT2D eigenvalue weighted by Gasteiger charge is -2.05. The van der Waals surface area contributed by atoms with Gasteiger partial charge < -0.3 is 10.1 Å². The number of halogens is 1. The molecule has 1 N–H and O–H groups in total. The topological polar surface area (TPSA) is 56.1 Å². The molecule has 0 radical (unpaired) electrons. The highest BCUT2D eigenvalue weighted by Crippen LogP contribution is 2.20. The van der Waals surface area contributed by atoms with Crippen molar-refractivity contribution in [3.05, 3.63) is 40.6 Å². The molecule has 0 saturated heterocycles. The van der Waals surface area contributed by atoms with E-state index in [1.165, 1.54) is 0 Å². The van der Waals surface area contributed by atoms with E-state index in [4.69, 9.17) is 4.74 Å². The van der Waals surface area contributed by atoms with Crippen LogP contribution in [0.3, 0.4) is 0 Å². The number of nitrogens with one attached hydrogen (secondary N) is 1. The third-order valence-corrected chi connectivity index (χ3v) is 3.48. The van der Waals surface area contributed by atoms with Gasteiger partial charge in [-0.2, -0.15) is 5.10 Å². The third kappa shape index (κ3) is 3.84.